The minimum absolute atomic E-state index is 0.833. The van der Waals surface area contributed by atoms with Crippen LogP contribution in [0.3, 0.4) is 0 Å². The van der Waals surface area contributed by atoms with Gasteiger partial charge in [-0.25, -0.2) is 5.01 Å². The molecule has 98 valence electrons. The van der Waals surface area contributed by atoms with E-state index in [1.165, 1.54) is 25.7 Å². The Labute approximate surface area is 113 Å². The molecule has 1 aliphatic heterocycles. The lowest BCUT2D eigenvalue weighted by Gasteiger charge is -2.20. The number of thioether (sulfide) groups is 1. The second kappa shape index (κ2) is 7.38. The molecule has 0 amide bonds. The summed E-state index contributed by atoms with van der Waals surface area (Å²) in [5.41, 5.74) is 3.33. The Kier molecular flexibility index (Phi) is 5.48. The Morgan fingerprint density at radius 2 is 2.00 bits per heavy atom. The fraction of sp³-hybridized carbons (Fsp3) is 0.538. The van der Waals surface area contributed by atoms with E-state index < -0.39 is 0 Å². The summed E-state index contributed by atoms with van der Waals surface area (Å²) in [6, 6.07) is 3.99. The molecular weight excluding hydrogens is 244 g/mol. The van der Waals surface area contributed by atoms with Crippen LogP contribution in [-0.4, -0.2) is 34.0 Å². The lowest BCUT2D eigenvalue weighted by Crippen LogP contribution is -2.31. The lowest BCUT2D eigenvalue weighted by molar-refractivity contribution is 0.341. The first-order valence-electron chi connectivity index (χ1n) is 6.47. The second-order valence-corrected chi connectivity index (χ2v) is 5.41. The van der Waals surface area contributed by atoms with Crippen molar-refractivity contribution in [1.29, 1.82) is 0 Å². The number of anilines is 1. The van der Waals surface area contributed by atoms with Crippen LogP contribution in [0.25, 0.3) is 0 Å². The number of nitrogens with one attached hydrogen (secondary N) is 1. The van der Waals surface area contributed by atoms with E-state index >= 15 is 0 Å². The Morgan fingerprint density at radius 3 is 2.61 bits per heavy atom. The van der Waals surface area contributed by atoms with Gasteiger partial charge in [0.15, 0.2) is 5.82 Å². The molecule has 0 unspecified atom stereocenters. The van der Waals surface area contributed by atoms with Crippen LogP contribution in [-0.2, 0) is 0 Å². The van der Waals surface area contributed by atoms with Gasteiger partial charge in [0, 0.05) is 18.8 Å². The van der Waals surface area contributed by atoms with Crippen LogP contribution >= 0.6 is 11.8 Å². The summed E-state index contributed by atoms with van der Waals surface area (Å²) in [6.45, 7) is 5.88. The minimum Gasteiger partial charge on any atom is -0.302 e. The van der Waals surface area contributed by atoms with Crippen LogP contribution < -0.4 is 5.43 Å². The normalized spacial score (nSPS) is 17.1. The predicted octanol–water partition coefficient (Wildman–Crippen LogP) is 2.96. The molecule has 1 aliphatic rings. The summed E-state index contributed by atoms with van der Waals surface area (Å²) in [6.07, 6.45) is 7.05. The Balaban J connectivity index is 1.86. The quantitative estimate of drug-likeness (QED) is 0.654. The zero-order chi connectivity index (χ0) is 12.6. The molecule has 2 heterocycles. The number of hydrogen-bond acceptors (Lipinski definition) is 5. The van der Waals surface area contributed by atoms with Gasteiger partial charge in [-0.05, 0) is 25.0 Å². The SMILES string of the molecule is C=CCSc1ccc(NN2CCCCCC2)nn1. The molecular formula is C13H20N4S. The molecule has 0 radical (unpaired) electrons. The molecule has 5 heteroatoms. The van der Waals surface area contributed by atoms with E-state index in [2.05, 4.69) is 27.2 Å². The molecule has 1 aromatic rings. The van der Waals surface area contributed by atoms with Crippen molar-refractivity contribution in [1.82, 2.24) is 15.2 Å². The highest BCUT2D eigenvalue weighted by Gasteiger charge is 2.09. The number of aromatic nitrogens is 2. The third kappa shape index (κ3) is 4.31. The van der Waals surface area contributed by atoms with Crippen molar-refractivity contribution in [2.24, 2.45) is 0 Å². The van der Waals surface area contributed by atoms with Crippen molar-refractivity contribution in [2.75, 3.05) is 24.3 Å². The van der Waals surface area contributed by atoms with Gasteiger partial charge < -0.3 is 5.43 Å². The van der Waals surface area contributed by atoms with E-state index in [1.54, 1.807) is 11.8 Å². The highest BCUT2D eigenvalue weighted by Crippen LogP contribution is 2.16. The average molecular weight is 264 g/mol. The monoisotopic (exact) mass is 264 g/mol. The average Bonchev–Trinajstić information content (AvgIpc) is 2.67. The van der Waals surface area contributed by atoms with Gasteiger partial charge in [0.05, 0.1) is 0 Å². The van der Waals surface area contributed by atoms with Gasteiger partial charge in [-0.15, -0.1) is 28.5 Å². The van der Waals surface area contributed by atoms with Crippen molar-refractivity contribution in [3.8, 4) is 0 Å². The largest absolute Gasteiger partial charge is 0.302 e. The topological polar surface area (TPSA) is 41.0 Å². The van der Waals surface area contributed by atoms with Crippen molar-refractivity contribution < 1.29 is 0 Å². The molecule has 0 aromatic carbocycles. The third-order valence-corrected chi connectivity index (χ3v) is 3.78. The Hall–Kier alpha value is -1.07. The first-order valence-corrected chi connectivity index (χ1v) is 7.46. The number of hydrogen-bond donors (Lipinski definition) is 1. The van der Waals surface area contributed by atoms with E-state index in [0.29, 0.717) is 0 Å². The zero-order valence-corrected chi connectivity index (χ0v) is 11.5. The van der Waals surface area contributed by atoms with Gasteiger partial charge in [-0.3, -0.25) is 0 Å². The van der Waals surface area contributed by atoms with E-state index in [0.717, 1.165) is 29.7 Å². The minimum atomic E-state index is 0.833. The summed E-state index contributed by atoms with van der Waals surface area (Å²) in [7, 11) is 0. The maximum absolute atomic E-state index is 4.20. The molecule has 0 aliphatic carbocycles. The first-order chi connectivity index (χ1) is 8.88. The molecule has 1 fully saturated rings. The molecule has 18 heavy (non-hydrogen) atoms. The van der Waals surface area contributed by atoms with Gasteiger partial charge in [0.1, 0.15) is 5.03 Å². The zero-order valence-electron chi connectivity index (χ0n) is 10.6. The highest BCUT2D eigenvalue weighted by atomic mass is 32.2. The van der Waals surface area contributed by atoms with Crippen molar-refractivity contribution in [3.05, 3.63) is 24.8 Å². The van der Waals surface area contributed by atoms with Crippen molar-refractivity contribution in [2.45, 2.75) is 30.7 Å². The molecule has 2 rings (SSSR count). The van der Waals surface area contributed by atoms with E-state index in [1.807, 2.05) is 18.2 Å². The number of hydrazine groups is 1. The van der Waals surface area contributed by atoms with Gasteiger partial charge in [-0.1, -0.05) is 18.9 Å². The van der Waals surface area contributed by atoms with Gasteiger partial charge in [0.25, 0.3) is 0 Å². The molecule has 0 bridgehead atoms. The molecule has 1 aromatic heterocycles. The van der Waals surface area contributed by atoms with Crippen LogP contribution in [0.1, 0.15) is 25.7 Å². The van der Waals surface area contributed by atoms with Crippen molar-refractivity contribution >= 4 is 17.6 Å². The molecule has 0 atom stereocenters. The highest BCUT2D eigenvalue weighted by molar-refractivity contribution is 7.99. The van der Waals surface area contributed by atoms with Crippen LogP contribution in [0.4, 0.5) is 5.82 Å². The van der Waals surface area contributed by atoms with Gasteiger partial charge >= 0.3 is 0 Å². The van der Waals surface area contributed by atoms with E-state index in [9.17, 15) is 0 Å². The smallest absolute Gasteiger partial charge is 0.163 e. The van der Waals surface area contributed by atoms with Crippen molar-refractivity contribution in [3.63, 3.8) is 0 Å². The van der Waals surface area contributed by atoms with Crippen LogP contribution in [0, 0.1) is 0 Å². The molecule has 0 spiro atoms. The summed E-state index contributed by atoms with van der Waals surface area (Å²) >= 11 is 1.65. The van der Waals surface area contributed by atoms with Gasteiger partial charge in [0.2, 0.25) is 0 Å². The number of nitrogens with zero attached hydrogens (tertiary/aromatic N) is 3. The summed E-state index contributed by atoms with van der Waals surface area (Å²) in [4.78, 5) is 0. The van der Waals surface area contributed by atoms with Crippen LogP contribution in [0.5, 0.6) is 0 Å². The summed E-state index contributed by atoms with van der Waals surface area (Å²) in [5, 5.41) is 11.6. The fourth-order valence-electron chi connectivity index (χ4n) is 1.95. The second-order valence-electron chi connectivity index (χ2n) is 4.37. The van der Waals surface area contributed by atoms with E-state index in [-0.39, 0.29) is 0 Å². The van der Waals surface area contributed by atoms with Crippen LogP contribution in [0.2, 0.25) is 0 Å². The third-order valence-electron chi connectivity index (χ3n) is 2.87. The Morgan fingerprint density at radius 1 is 1.22 bits per heavy atom. The van der Waals surface area contributed by atoms with Crippen LogP contribution in [0.15, 0.2) is 29.8 Å². The molecule has 4 nitrogen and oxygen atoms in total. The number of rotatable bonds is 5. The summed E-state index contributed by atoms with van der Waals surface area (Å²) in [5.74, 6) is 1.70. The Bertz CT molecular complexity index is 358. The lowest BCUT2D eigenvalue weighted by atomic mass is 10.2. The maximum atomic E-state index is 4.20. The summed E-state index contributed by atoms with van der Waals surface area (Å²) < 4.78 is 0. The fourth-order valence-corrected chi connectivity index (χ4v) is 2.50. The first kappa shape index (κ1) is 13.4. The maximum Gasteiger partial charge on any atom is 0.163 e. The molecule has 1 N–H and O–H groups in total. The molecule has 1 saturated heterocycles. The molecule has 0 saturated carbocycles. The predicted molar refractivity (Wildman–Crippen MR) is 76.6 cm³/mol. The van der Waals surface area contributed by atoms with E-state index in [4.69, 9.17) is 0 Å². The standard InChI is InChI=1S/C13H20N4S/c1-2-11-18-13-8-7-12(14-15-13)16-17-9-5-3-4-6-10-17/h2,7-8H,1,3-6,9-11H2,(H,14,16). The van der Waals surface area contributed by atoms with Gasteiger partial charge in [-0.2, -0.15) is 0 Å².